The normalized spacial score (nSPS) is 13.6. The van der Waals surface area contributed by atoms with E-state index in [1.54, 1.807) is 21.1 Å². The quantitative estimate of drug-likeness (QED) is 0.0309. The number of carbonyl (C=O) groups excluding carboxylic acids is 3. The molecular formula is C40H69NO7. The number of quaternary nitrogens is 1. The fourth-order valence-electron chi connectivity index (χ4n) is 5.06. The molecule has 2 atom stereocenters. The van der Waals surface area contributed by atoms with Gasteiger partial charge in [-0.2, -0.15) is 0 Å². The van der Waals surface area contributed by atoms with Crippen molar-refractivity contribution in [3.63, 3.8) is 0 Å². The van der Waals surface area contributed by atoms with Gasteiger partial charge in [-0.15, -0.1) is 0 Å². The molecule has 0 N–H and O–H groups in total. The number of likely N-dealkylation sites (N-methyl/N-ethyl adjacent to an activating group) is 1. The van der Waals surface area contributed by atoms with Crippen LogP contribution in [0.4, 0.5) is 0 Å². The summed E-state index contributed by atoms with van der Waals surface area (Å²) in [5.41, 5.74) is 0. The van der Waals surface area contributed by atoms with Crippen molar-refractivity contribution in [3.05, 3.63) is 48.6 Å². The highest BCUT2D eigenvalue weighted by atomic mass is 16.6. The highest BCUT2D eigenvalue weighted by Gasteiger charge is 2.25. The number of hydrogen-bond donors (Lipinski definition) is 0. The van der Waals surface area contributed by atoms with Crippen molar-refractivity contribution in [2.24, 2.45) is 0 Å². The van der Waals surface area contributed by atoms with E-state index in [0.717, 1.165) is 70.6 Å². The highest BCUT2D eigenvalue weighted by molar-refractivity contribution is 5.70. The number of carbonyl (C=O) groups is 3. The molecule has 0 saturated carbocycles. The molecule has 0 spiro atoms. The second kappa shape index (κ2) is 31.6. The van der Waals surface area contributed by atoms with Gasteiger partial charge >= 0.3 is 11.9 Å². The Morgan fingerprint density at radius 2 is 1.17 bits per heavy atom. The number of rotatable bonds is 32. The van der Waals surface area contributed by atoms with Crippen molar-refractivity contribution in [1.29, 1.82) is 0 Å². The summed E-state index contributed by atoms with van der Waals surface area (Å²) in [6.07, 6.45) is 34.9. The third-order valence-electron chi connectivity index (χ3n) is 7.98. The van der Waals surface area contributed by atoms with E-state index in [1.807, 2.05) is 0 Å². The van der Waals surface area contributed by atoms with Crippen LogP contribution in [0.25, 0.3) is 0 Å². The van der Waals surface area contributed by atoms with Gasteiger partial charge in [0.1, 0.15) is 12.6 Å². The molecule has 0 rings (SSSR count). The van der Waals surface area contributed by atoms with E-state index in [4.69, 9.17) is 14.2 Å². The number of carboxylic acid groups (broad SMARTS) is 1. The Morgan fingerprint density at radius 1 is 0.646 bits per heavy atom. The molecule has 0 bridgehead atoms. The molecule has 0 saturated heterocycles. The van der Waals surface area contributed by atoms with Gasteiger partial charge in [0.15, 0.2) is 6.10 Å². The Bertz CT molecular complexity index is 932. The zero-order chi connectivity index (χ0) is 35.7. The predicted octanol–water partition coefficient (Wildman–Crippen LogP) is 7.96. The molecule has 0 aliphatic carbocycles. The summed E-state index contributed by atoms with van der Waals surface area (Å²) in [5, 5.41) is 11.5. The third kappa shape index (κ3) is 29.4. The number of unbranched alkanes of at least 4 members (excludes halogenated alkanes) is 10. The highest BCUT2D eigenvalue weighted by Crippen LogP contribution is 2.13. The van der Waals surface area contributed by atoms with Crippen LogP contribution in [0, 0.1) is 0 Å². The lowest BCUT2D eigenvalue weighted by Crippen LogP contribution is -2.55. The second-order valence-corrected chi connectivity index (χ2v) is 13.4. The fourth-order valence-corrected chi connectivity index (χ4v) is 5.06. The Hall–Kier alpha value is -2.71. The van der Waals surface area contributed by atoms with Crippen molar-refractivity contribution in [2.75, 3.05) is 41.0 Å². The summed E-state index contributed by atoms with van der Waals surface area (Å²) < 4.78 is 16.9. The molecule has 8 heteroatoms. The van der Waals surface area contributed by atoms with Crippen molar-refractivity contribution in [1.82, 2.24) is 0 Å². The lowest BCUT2D eigenvalue weighted by Gasteiger charge is -2.34. The summed E-state index contributed by atoms with van der Waals surface area (Å²) in [4.78, 5) is 36.2. The Balaban J connectivity index is 4.15. The Morgan fingerprint density at radius 3 is 1.73 bits per heavy atom. The minimum absolute atomic E-state index is 0.0349. The summed E-state index contributed by atoms with van der Waals surface area (Å²) in [6.45, 7) is 4.35. The molecule has 0 amide bonds. The number of allylic oxidation sites excluding steroid dienone is 8. The van der Waals surface area contributed by atoms with Gasteiger partial charge in [-0.1, -0.05) is 114 Å². The van der Waals surface area contributed by atoms with Crippen molar-refractivity contribution >= 4 is 17.9 Å². The molecule has 8 nitrogen and oxygen atoms in total. The van der Waals surface area contributed by atoms with E-state index in [-0.39, 0.29) is 42.7 Å². The topological polar surface area (TPSA) is 102 Å². The van der Waals surface area contributed by atoms with Gasteiger partial charge in [-0.3, -0.25) is 9.59 Å². The largest absolute Gasteiger partial charge is 0.544 e. The summed E-state index contributed by atoms with van der Waals surface area (Å²) in [5.74, 6) is -1.78. The average Bonchev–Trinajstić information content (AvgIpc) is 3.03. The maximum atomic E-state index is 12.6. The number of hydrogen-bond acceptors (Lipinski definition) is 7. The second-order valence-electron chi connectivity index (χ2n) is 13.4. The first-order valence-electron chi connectivity index (χ1n) is 18.7. The SMILES string of the molecule is CC/C=C\C/C=C\C/C=C\C/C=C\CCCCCCCCCCC(=O)OC(COCCC(C(=O)[O-])[N+](C)(C)C)COC(=O)CCCCC. The minimum atomic E-state index is -1.13. The molecule has 0 aliphatic rings. The number of ether oxygens (including phenoxy) is 3. The van der Waals surface area contributed by atoms with Crippen LogP contribution in [0.5, 0.6) is 0 Å². The van der Waals surface area contributed by atoms with Gasteiger partial charge in [-0.25, -0.2) is 0 Å². The molecule has 276 valence electrons. The smallest absolute Gasteiger partial charge is 0.306 e. The van der Waals surface area contributed by atoms with Crippen LogP contribution in [0.15, 0.2) is 48.6 Å². The molecule has 48 heavy (non-hydrogen) atoms. The Kier molecular flexibility index (Phi) is 29.8. The zero-order valence-corrected chi connectivity index (χ0v) is 31.1. The van der Waals surface area contributed by atoms with E-state index in [2.05, 4.69) is 62.5 Å². The predicted molar refractivity (Wildman–Crippen MR) is 194 cm³/mol. The maximum Gasteiger partial charge on any atom is 0.306 e. The van der Waals surface area contributed by atoms with E-state index in [1.165, 1.54) is 32.1 Å². The van der Waals surface area contributed by atoms with Crippen molar-refractivity contribution in [3.8, 4) is 0 Å². The molecular weight excluding hydrogens is 606 g/mol. The summed E-state index contributed by atoms with van der Waals surface area (Å²) in [7, 11) is 5.37. The number of aliphatic carboxylic acids is 1. The summed E-state index contributed by atoms with van der Waals surface area (Å²) in [6, 6.07) is -0.724. The van der Waals surface area contributed by atoms with Gasteiger partial charge < -0.3 is 28.6 Å². The maximum absolute atomic E-state index is 12.6. The van der Waals surface area contributed by atoms with Crippen LogP contribution in [0.2, 0.25) is 0 Å². The van der Waals surface area contributed by atoms with Gasteiger partial charge in [0.05, 0.1) is 40.3 Å². The van der Waals surface area contributed by atoms with E-state index < -0.39 is 18.1 Å². The van der Waals surface area contributed by atoms with E-state index in [0.29, 0.717) is 12.8 Å². The van der Waals surface area contributed by atoms with Crippen LogP contribution in [-0.4, -0.2) is 75.5 Å². The average molecular weight is 676 g/mol. The minimum Gasteiger partial charge on any atom is -0.544 e. The first kappa shape index (κ1) is 45.3. The number of nitrogens with zero attached hydrogens (tertiary/aromatic N) is 1. The lowest BCUT2D eigenvalue weighted by atomic mass is 10.1. The van der Waals surface area contributed by atoms with Gasteiger partial charge in [-0.05, 0) is 51.4 Å². The fraction of sp³-hybridized carbons (Fsp3) is 0.725. The summed E-state index contributed by atoms with van der Waals surface area (Å²) >= 11 is 0. The van der Waals surface area contributed by atoms with Gasteiger partial charge in [0.25, 0.3) is 0 Å². The zero-order valence-electron chi connectivity index (χ0n) is 31.1. The monoisotopic (exact) mass is 676 g/mol. The molecule has 0 radical (unpaired) electrons. The number of carboxylic acids is 1. The van der Waals surface area contributed by atoms with E-state index >= 15 is 0 Å². The van der Waals surface area contributed by atoms with Crippen LogP contribution < -0.4 is 5.11 Å². The third-order valence-corrected chi connectivity index (χ3v) is 7.98. The Labute approximate surface area is 293 Å². The molecule has 0 aromatic carbocycles. The molecule has 0 aromatic rings. The standard InChI is InChI=1S/C40H69NO7/c1-6-8-10-11-12-13-14-15-16-17-18-19-20-21-22-23-24-25-26-27-29-31-39(43)48-36(35-47-38(42)30-28-9-7-2)34-46-33-32-37(40(44)45)41(3,4)5/h8,10,12-13,15-16,18-19,36-37H,6-7,9,11,14,17,20-35H2,1-5H3/b10-8-,13-12-,16-15-,19-18-. The van der Waals surface area contributed by atoms with E-state index in [9.17, 15) is 19.5 Å². The molecule has 0 aromatic heterocycles. The molecule has 0 aliphatic heterocycles. The first-order valence-corrected chi connectivity index (χ1v) is 18.7. The first-order chi connectivity index (χ1) is 23.1. The van der Waals surface area contributed by atoms with Crippen LogP contribution >= 0.6 is 0 Å². The van der Waals surface area contributed by atoms with Gasteiger partial charge in [0, 0.05) is 19.3 Å². The van der Waals surface area contributed by atoms with Crippen molar-refractivity contribution < 1.29 is 38.2 Å². The number of esters is 2. The van der Waals surface area contributed by atoms with Crippen LogP contribution in [-0.2, 0) is 28.6 Å². The van der Waals surface area contributed by atoms with Gasteiger partial charge in [0.2, 0.25) is 0 Å². The molecule has 0 fully saturated rings. The van der Waals surface area contributed by atoms with Crippen LogP contribution in [0.1, 0.15) is 136 Å². The molecule has 0 heterocycles. The van der Waals surface area contributed by atoms with Crippen molar-refractivity contribution in [2.45, 2.75) is 148 Å². The van der Waals surface area contributed by atoms with Crippen LogP contribution in [0.3, 0.4) is 0 Å². The lowest BCUT2D eigenvalue weighted by molar-refractivity contribution is -0.889. The molecule has 2 unspecified atom stereocenters.